The van der Waals surface area contributed by atoms with Crippen LogP contribution in [-0.2, 0) is 11.0 Å². The van der Waals surface area contributed by atoms with Gasteiger partial charge in [0.05, 0.1) is 11.1 Å². The normalized spacial score (nSPS) is 12.2. The van der Waals surface area contributed by atoms with Crippen molar-refractivity contribution < 1.29 is 23.1 Å². The van der Waals surface area contributed by atoms with Gasteiger partial charge in [0.25, 0.3) is 0 Å². The van der Waals surface area contributed by atoms with E-state index in [2.05, 4.69) is 32.7 Å². The molecule has 1 aromatic carbocycles. The maximum Gasteiger partial charge on any atom is 0.416 e. The molecular formula is C16H10F3N5O2S. The first-order valence-corrected chi connectivity index (χ1v) is 7.72. The lowest BCUT2D eigenvalue weighted by atomic mass is 10.1. The number of carboxylic acids is 1. The summed E-state index contributed by atoms with van der Waals surface area (Å²) in [6.45, 7) is 0. The first-order chi connectivity index (χ1) is 12.7. The molecule has 2 aromatic heterocycles. The lowest BCUT2D eigenvalue weighted by Crippen LogP contribution is -2.05. The second-order valence-electron chi connectivity index (χ2n) is 5.29. The molecule has 0 fully saturated rings. The fourth-order valence-corrected chi connectivity index (χ4v) is 2.48. The van der Waals surface area contributed by atoms with Gasteiger partial charge in [-0.3, -0.25) is 0 Å². The minimum Gasteiger partial charge on any atom is -0.478 e. The number of hydrogen-bond acceptors (Lipinski definition) is 6. The van der Waals surface area contributed by atoms with Gasteiger partial charge in [-0.15, -0.1) is 17.7 Å². The molecule has 0 saturated heterocycles. The molecule has 0 aliphatic heterocycles. The number of benzene rings is 1. The molecule has 0 spiro atoms. The van der Waals surface area contributed by atoms with Crippen LogP contribution in [0.25, 0.3) is 23.2 Å². The zero-order valence-corrected chi connectivity index (χ0v) is 14.2. The summed E-state index contributed by atoms with van der Waals surface area (Å²) in [5.41, 5.74) is -0.712. The van der Waals surface area contributed by atoms with Crippen LogP contribution < -0.4 is 0 Å². The van der Waals surface area contributed by atoms with Gasteiger partial charge in [-0.05, 0) is 18.2 Å². The highest BCUT2D eigenvalue weighted by Gasteiger charge is 2.31. The summed E-state index contributed by atoms with van der Waals surface area (Å²) in [6, 6.07) is 3.17. The van der Waals surface area contributed by atoms with E-state index in [0.29, 0.717) is 0 Å². The first kappa shape index (κ1) is 18.6. The van der Waals surface area contributed by atoms with Crippen molar-refractivity contribution in [3.05, 3.63) is 54.4 Å². The average Bonchev–Trinajstić information content (AvgIpc) is 3.08. The third-order valence-electron chi connectivity index (χ3n) is 3.38. The van der Waals surface area contributed by atoms with E-state index in [1.807, 2.05) is 0 Å². The van der Waals surface area contributed by atoms with Gasteiger partial charge in [0, 0.05) is 34.6 Å². The molecule has 0 amide bonds. The Kier molecular flexibility index (Phi) is 4.95. The highest BCUT2D eigenvalue weighted by atomic mass is 32.1. The van der Waals surface area contributed by atoms with Gasteiger partial charge >= 0.3 is 12.1 Å². The second-order valence-corrected chi connectivity index (χ2v) is 5.81. The molecule has 0 unspecified atom stereocenters. The molecule has 3 aromatic rings. The van der Waals surface area contributed by atoms with Crippen LogP contribution in [0.1, 0.15) is 11.1 Å². The van der Waals surface area contributed by atoms with Crippen LogP contribution in [0.15, 0.2) is 48.1 Å². The molecule has 0 bridgehead atoms. The molecule has 0 aliphatic carbocycles. The fraction of sp³-hybridized carbons (Fsp3) is 0.0625. The Hall–Kier alpha value is -3.21. The number of carboxylic acid groups (broad SMARTS) is 1. The van der Waals surface area contributed by atoms with Crippen molar-refractivity contribution in [3.8, 4) is 11.4 Å². The van der Waals surface area contributed by atoms with E-state index in [0.717, 1.165) is 23.0 Å². The van der Waals surface area contributed by atoms with E-state index < -0.39 is 17.7 Å². The maximum absolute atomic E-state index is 13.0. The minimum absolute atomic E-state index is 0.0123. The Balaban J connectivity index is 2.00. The van der Waals surface area contributed by atoms with Crippen molar-refractivity contribution in [2.24, 2.45) is 0 Å². The molecule has 0 saturated carbocycles. The van der Waals surface area contributed by atoms with Gasteiger partial charge < -0.3 is 5.11 Å². The van der Waals surface area contributed by atoms with E-state index >= 15 is 0 Å². The topological polar surface area (TPSA) is 93.8 Å². The molecular weight excluding hydrogens is 383 g/mol. The van der Waals surface area contributed by atoms with Crippen LogP contribution in [0, 0.1) is 0 Å². The number of aromatic nitrogens is 5. The summed E-state index contributed by atoms with van der Waals surface area (Å²) >= 11 is 3.98. The van der Waals surface area contributed by atoms with Crippen LogP contribution in [0.4, 0.5) is 13.2 Å². The van der Waals surface area contributed by atoms with Gasteiger partial charge in [-0.25, -0.2) is 24.4 Å². The molecule has 7 nitrogen and oxygen atoms in total. The van der Waals surface area contributed by atoms with Crippen LogP contribution in [0.2, 0.25) is 0 Å². The van der Waals surface area contributed by atoms with Gasteiger partial charge in [-0.1, -0.05) is 0 Å². The van der Waals surface area contributed by atoms with Crippen molar-refractivity contribution in [2.45, 2.75) is 11.1 Å². The zero-order valence-electron chi connectivity index (χ0n) is 13.3. The summed E-state index contributed by atoms with van der Waals surface area (Å²) in [7, 11) is 0. The maximum atomic E-state index is 13.0. The van der Waals surface area contributed by atoms with E-state index in [1.54, 1.807) is 0 Å². The molecule has 0 atom stereocenters. The second kappa shape index (κ2) is 7.19. The Labute approximate surface area is 155 Å². The quantitative estimate of drug-likeness (QED) is 0.523. The Bertz CT molecular complexity index is 1020. The van der Waals surface area contributed by atoms with Crippen LogP contribution in [0.5, 0.6) is 0 Å². The number of carbonyl (C=O) groups is 1. The summed E-state index contributed by atoms with van der Waals surface area (Å²) in [5, 5.41) is 13.4. The Morgan fingerprint density at radius 3 is 2.52 bits per heavy atom. The standard InChI is InChI=1S/C16H10F3N5O2S/c17-16(18,19)11-1-9(2-12(27)3-11)14-22-8-24(23-14)6-13(15(25)26)10-4-20-7-21-5-10/h1-8,27H,(H,25,26)/b13-6-. The number of halogens is 3. The van der Waals surface area contributed by atoms with Gasteiger partial charge in [0.1, 0.15) is 12.7 Å². The monoisotopic (exact) mass is 393 g/mol. The van der Waals surface area contributed by atoms with Crippen LogP contribution in [0.3, 0.4) is 0 Å². The number of rotatable bonds is 4. The van der Waals surface area contributed by atoms with Crippen molar-refractivity contribution in [1.82, 2.24) is 24.7 Å². The predicted molar refractivity (Wildman–Crippen MR) is 91.5 cm³/mol. The van der Waals surface area contributed by atoms with Crippen LogP contribution in [-0.4, -0.2) is 35.8 Å². The molecule has 27 heavy (non-hydrogen) atoms. The average molecular weight is 393 g/mol. The number of thiol groups is 1. The summed E-state index contributed by atoms with van der Waals surface area (Å²) in [6.07, 6.45) is 1.67. The lowest BCUT2D eigenvalue weighted by molar-refractivity contribution is -0.137. The lowest BCUT2D eigenvalue weighted by Gasteiger charge is -2.08. The molecule has 3 rings (SSSR count). The molecule has 138 valence electrons. The largest absolute Gasteiger partial charge is 0.478 e. The van der Waals surface area contributed by atoms with Gasteiger partial charge in [0.15, 0.2) is 5.82 Å². The molecule has 0 aliphatic rings. The summed E-state index contributed by atoms with van der Waals surface area (Å²) < 4.78 is 39.9. The highest BCUT2D eigenvalue weighted by Crippen LogP contribution is 2.33. The summed E-state index contributed by atoms with van der Waals surface area (Å²) in [4.78, 5) is 23.0. The zero-order chi connectivity index (χ0) is 19.6. The molecule has 0 radical (unpaired) electrons. The third kappa shape index (κ3) is 4.31. The SMILES string of the molecule is O=C(O)/C(=C\n1cnc(-c2cc(S)cc(C(F)(F)F)c2)n1)c1cncnc1. The van der Waals surface area contributed by atoms with E-state index in [9.17, 15) is 23.1 Å². The van der Waals surface area contributed by atoms with Crippen molar-refractivity contribution in [3.63, 3.8) is 0 Å². The number of nitrogens with zero attached hydrogens (tertiary/aromatic N) is 5. The van der Waals surface area contributed by atoms with Crippen molar-refractivity contribution >= 4 is 30.4 Å². The highest BCUT2D eigenvalue weighted by molar-refractivity contribution is 7.80. The first-order valence-electron chi connectivity index (χ1n) is 7.27. The molecule has 11 heteroatoms. The third-order valence-corrected chi connectivity index (χ3v) is 3.63. The molecule has 1 N–H and O–H groups in total. The predicted octanol–water partition coefficient (Wildman–Crippen LogP) is 3.13. The number of hydrogen-bond donors (Lipinski definition) is 2. The minimum atomic E-state index is -4.54. The van der Waals surface area contributed by atoms with E-state index in [-0.39, 0.29) is 27.4 Å². The Morgan fingerprint density at radius 1 is 1.19 bits per heavy atom. The van der Waals surface area contributed by atoms with Crippen molar-refractivity contribution in [2.75, 3.05) is 0 Å². The van der Waals surface area contributed by atoms with E-state index in [1.165, 1.54) is 31.1 Å². The fourth-order valence-electron chi connectivity index (χ4n) is 2.20. The molecule has 2 heterocycles. The number of alkyl halides is 3. The van der Waals surface area contributed by atoms with Gasteiger partial charge in [0.2, 0.25) is 0 Å². The smallest absolute Gasteiger partial charge is 0.416 e. The van der Waals surface area contributed by atoms with Gasteiger partial charge in [-0.2, -0.15) is 13.2 Å². The summed E-state index contributed by atoms with van der Waals surface area (Å²) in [5.74, 6) is -1.26. The van der Waals surface area contributed by atoms with Crippen LogP contribution >= 0.6 is 12.6 Å². The number of aliphatic carboxylic acids is 1. The van der Waals surface area contributed by atoms with Crippen molar-refractivity contribution in [1.29, 1.82) is 0 Å². The Morgan fingerprint density at radius 2 is 1.89 bits per heavy atom. The van der Waals surface area contributed by atoms with E-state index in [4.69, 9.17) is 0 Å².